The molecule has 0 radical (unpaired) electrons. The van der Waals surface area contributed by atoms with Crippen LogP contribution in [0.4, 0.5) is 11.4 Å². The quantitative estimate of drug-likeness (QED) is 0.130. The Kier molecular flexibility index (Phi) is 16.9. The van der Waals surface area contributed by atoms with Crippen molar-refractivity contribution in [1.29, 1.82) is 0 Å². The number of nitrogens with zero attached hydrogens (tertiary/aromatic N) is 2. The van der Waals surface area contributed by atoms with Crippen molar-refractivity contribution in [1.82, 2.24) is 9.44 Å². The van der Waals surface area contributed by atoms with Gasteiger partial charge >= 0.3 is 0 Å². The Bertz CT molecular complexity index is 3150. The van der Waals surface area contributed by atoms with Gasteiger partial charge in [-0.15, -0.1) is 0 Å². The summed E-state index contributed by atoms with van der Waals surface area (Å²) in [7, 11) is -7.64. The van der Waals surface area contributed by atoms with Crippen molar-refractivity contribution >= 4 is 98.3 Å². The maximum Gasteiger partial charge on any atom is 0.264 e. The highest BCUT2D eigenvalue weighted by Crippen LogP contribution is 2.49. The topological polar surface area (TPSA) is 192 Å². The van der Waals surface area contributed by atoms with Crippen molar-refractivity contribution in [3.8, 4) is 11.5 Å². The predicted octanol–water partition coefficient (Wildman–Crippen LogP) is 10.7. The lowest BCUT2D eigenvalue weighted by Gasteiger charge is -2.45. The van der Waals surface area contributed by atoms with Gasteiger partial charge in [-0.2, -0.15) is 0 Å². The summed E-state index contributed by atoms with van der Waals surface area (Å²) in [6.07, 6.45) is 13.8. The smallest absolute Gasteiger partial charge is 0.264 e. The molecule has 4 aliphatic heterocycles. The summed E-state index contributed by atoms with van der Waals surface area (Å²) < 4.78 is 69.8. The summed E-state index contributed by atoms with van der Waals surface area (Å²) in [5.41, 5.74) is 6.61. The lowest BCUT2D eigenvalue weighted by Crippen LogP contribution is -2.49. The molecular formula is C60H68Br2Cl2N4O10S2. The molecule has 2 fully saturated rings. The minimum absolute atomic E-state index is 0.108. The van der Waals surface area contributed by atoms with Gasteiger partial charge in [0.1, 0.15) is 11.5 Å². The van der Waals surface area contributed by atoms with Gasteiger partial charge < -0.3 is 29.5 Å². The number of fused-ring (bicyclic) bond motifs is 8. The number of amides is 2. The predicted molar refractivity (Wildman–Crippen MR) is 320 cm³/mol. The number of hydrogen-bond donors (Lipinski definition) is 4. The number of carbonyl (C=O) groups excluding carboxylic acids is 2. The number of carbonyl (C=O) groups is 2. The van der Waals surface area contributed by atoms with Crippen LogP contribution in [0.2, 0.25) is 10.0 Å². The van der Waals surface area contributed by atoms with Gasteiger partial charge in [-0.25, -0.2) is 26.3 Å². The summed E-state index contributed by atoms with van der Waals surface area (Å²) in [6.45, 7) is 3.79. The molecule has 4 aromatic carbocycles. The molecule has 2 saturated carbocycles. The molecule has 12 rings (SSSR count). The highest BCUT2D eigenvalue weighted by atomic mass is 79.9. The zero-order valence-corrected chi connectivity index (χ0v) is 50.8. The Hall–Kier alpha value is -4.14. The van der Waals surface area contributed by atoms with Gasteiger partial charge in [0, 0.05) is 58.2 Å². The molecule has 8 aliphatic rings. The summed E-state index contributed by atoms with van der Waals surface area (Å²) >= 11 is 19.8. The van der Waals surface area contributed by atoms with Crippen molar-refractivity contribution < 1.29 is 46.1 Å². The number of benzene rings is 4. The number of aliphatic hydroxyl groups excluding tert-OH is 2. The van der Waals surface area contributed by atoms with Crippen molar-refractivity contribution in [3.05, 3.63) is 137 Å². The van der Waals surface area contributed by atoms with Gasteiger partial charge in [-0.1, -0.05) is 67.2 Å². The van der Waals surface area contributed by atoms with Crippen LogP contribution in [0.5, 0.6) is 11.5 Å². The van der Waals surface area contributed by atoms with Crippen LogP contribution in [-0.2, 0) is 43.7 Å². The summed E-state index contributed by atoms with van der Waals surface area (Å²) in [5, 5.41) is 23.7. The second-order valence-corrected chi connectivity index (χ2v) is 30.1. The summed E-state index contributed by atoms with van der Waals surface area (Å²) in [6, 6.07) is 22.6. The Morgan fingerprint density at radius 1 is 0.562 bits per heavy atom. The molecule has 4 bridgehead atoms. The van der Waals surface area contributed by atoms with Crippen LogP contribution in [0.25, 0.3) is 0 Å². The number of ether oxygens (including phenoxy) is 2. The van der Waals surface area contributed by atoms with E-state index in [0.717, 1.165) is 94.6 Å². The monoisotopic (exact) mass is 1300 g/mol. The summed E-state index contributed by atoms with van der Waals surface area (Å²) in [5.74, 6) is 0.466. The van der Waals surface area contributed by atoms with E-state index in [2.05, 4.69) is 75.4 Å². The molecule has 8 atom stereocenters. The van der Waals surface area contributed by atoms with Crippen LogP contribution < -0.4 is 28.7 Å². The average molecular weight is 1300 g/mol. The molecule has 80 heavy (non-hydrogen) atoms. The molecule has 4 N–H and O–H groups in total. The summed E-state index contributed by atoms with van der Waals surface area (Å²) in [4.78, 5) is 30.8. The maximum atomic E-state index is 13.1. The highest BCUT2D eigenvalue weighted by Gasteiger charge is 2.46. The second kappa shape index (κ2) is 23.5. The number of aliphatic hydroxyl groups is 2. The van der Waals surface area contributed by atoms with Crippen LogP contribution in [0.3, 0.4) is 0 Å². The zero-order chi connectivity index (χ0) is 56.1. The van der Waals surface area contributed by atoms with Crippen molar-refractivity contribution in [3.63, 3.8) is 0 Å². The van der Waals surface area contributed by atoms with Gasteiger partial charge in [0.05, 0.1) is 48.3 Å². The van der Waals surface area contributed by atoms with Gasteiger partial charge in [-0.05, 0) is 218 Å². The fraction of sp³-hybridized carbons (Fsp3) is 0.500. The normalized spacial score (nSPS) is 31.4. The molecular weight excluding hydrogens is 1230 g/mol. The Balaban J connectivity index is 0.000000169. The zero-order valence-electron chi connectivity index (χ0n) is 44.5. The largest absolute Gasteiger partial charge is 0.490 e. The average Bonchev–Trinajstić information content (AvgIpc) is 3.66. The molecule has 14 nitrogen and oxygen atoms in total. The third kappa shape index (κ3) is 12.4. The fourth-order valence-corrected chi connectivity index (χ4v) is 17.3. The molecule has 428 valence electrons. The van der Waals surface area contributed by atoms with Gasteiger partial charge in [0.2, 0.25) is 20.0 Å². The van der Waals surface area contributed by atoms with E-state index in [4.69, 9.17) is 32.7 Å². The first kappa shape index (κ1) is 57.7. The van der Waals surface area contributed by atoms with Crippen LogP contribution >= 0.6 is 55.1 Å². The molecule has 0 aromatic heterocycles. The molecule has 4 aromatic rings. The highest BCUT2D eigenvalue weighted by molar-refractivity contribution is 9.12. The van der Waals surface area contributed by atoms with E-state index >= 15 is 0 Å². The SMILES string of the molecule is O=C1NS(=O)(=O)CCC/C(Br)=C/[C@@H](O)[C@@H]2CC[C@H]2CN2C[C@@]3(CCCc4cc(Cl)ccc43)COc3ccc1cc32.O=C1NS(=O)(=O)CCC/C(Br)=C/[C@H](O)[C@@H]2CC[C@H]2CN2C[C@@]3(CCCc4cc(Cl)ccc43)COc3ccc1cc32. The molecule has 4 heterocycles. The van der Waals surface area contributed by atoms with Crippen LogP contribution in [-0.4, -0.2) is 102 Å². The molecule has 20 heteroatoms. The van der Waals surface area contributed by atoms with E-state index in [1.165, 1.54) is 22.3 Å². The van der Waals surface area contributed by atoms with Crippen LogP contribution in [0.1, 0.15) is 120 Å². The second-order valence-electron chi connectivity index (χ2n) is 23.5. The molecule has 0 unspecified atom stereocenters. The number of nitrogens with one attached hydrogen (secondary N) is 2. The van der Waals surface area contributed by atoms with Gasteiger partial charge in [-0.3, -0.25) is 9.59 Å². The number of halogens is 4. The van der Waals surface area contributed by atoms with Crippen LogP contribution in [0.15, 0.2) is 93.9 Å². The van der Waals surface area contributed by atoms with Crippen molar-refractivity contribution in [2.45, 2.75) is 113 Å². The lowest BCUT2D eigenvalue weighted by atomic mass is 9.68. The van der Waals surface area contributed by atoms with Gasteiger partial charge in [0.25, 0.3) is 11.8 Å². The van der Waals surface area contributed by atoms with E-state index in [9.17, 15) is 36.6 Å². The third-order valence-electron chi connectivity index (χ3n) is 18.2. The first-order valence-corrected chi connectivity index (χ1v) is 33.7. The van der Waals surface area contributed by atoms with Crippen molar-refractivity contribution in [2.75, 3.05) is 60.7 Å². The van der Waals surface area contributed by atoms with Crippen molar-refractivity contribution in [2.24, 2.45) is 23.7 Å². The number of aryl methyl sites for hydroxylation is 2. The number of sulfonamides is 2. The van der Waals surface area contributed by atoms with E-state index in [-0.39, 0.29) is 57.1 Å². The first-order valence-electron chi connectivity index (χ1n) is 28.0. The number of anilines is 2. The minimum Gasteiger partial charge on any atom is -0.490 e. The number of rotatable bonds is 0. The van der Waals surface area contributed by atoms with E-state index in [1.54, 1.807) is 36.4 Å². The standard InChI is InChI=1S/2C30H34BrClN2O5S/c2*31-22-4-2-12-40(37,38)33-29(36)20-6-10-28-26(14-20)34(16-21-5-8-24(21)27(35)15-22)17-30(18-39-28)11-1-3-19-13-23(32)7-9-25(19)30/h2*6-7,9-10,13-15,21,24,27,35H,1-5,8,11-12,16-18H2,(H,33,36)/b2*22-15-/t21-,24+,27+,30-;21-,24+,27-,30-/m00/s1. The number of allylic oxidation sites excluding steroid dienone is 2. The Morgan fingerprint density at radius 3 is 1.39 bits per heavy atom. The van der Waals surface area contributed by atoms with Gasteiger partial charge in [0.15, 0.2) is 0 Å². The Morgan fingerprint density at radius 2 is 0.988 bits per heavy atom. The van der Waals surface area contributed by atoms with E-state index in [0.29, 0.717) is 76.6 Å². The molecule has 0 saturated heterocycles. The van der Waals surface area contributed by atoms with E-state index < -0.39 is 44.1 Å². The third-order valence-corrected chi connectivity index (χ3v) is 22.6. The molecule has 4 aliphatic carbocycles. The Labute approximate surface area is 496 Å². The van der Waals surface area contributed by atoms with E-state index in [1.807, 2.05) is 24.3 Å². The minimum atomic E-state index is -3.82. The maximum absolute atomic E-state index is 13.1. The lowest BCUT2D eigenvalue weighted by molar-refractivity contribution is 0.0453. The van der Waals surface area contributed by atoms with Crippen LogP contribution in [0, 0.1) is 23.7 Å². The molecule has 2 amide bonds. The number of hydrogen-bond acceptors (Lipinski definition) is 12. The first-order chi connectivity index (χ1) is 38.2. The fourth-order valence-electron chi connectivity index (χ4n) is 13.8. The molecule has 2 spiro atoms.